The van der Waals surface area contributed by atoms with Gasteiger partial charge in [-0.15, -0.1) is 0 Å². The molecule has 0 unspecified atom stereocenters. The lowest BCUT2D eigenvalue weighted by atomic mass is 10.1. The van der Waals surface area contributed by atoms with Gasteiger partial charge in [0.1, 0.15) is 17.2 Å². The Morgan fingerprint density at radius 3 is 2.18 bits per heavy atom. The molecular formula is C21H23NO6. The summed E-state index contributed by atoms with van der Waals surface area (Å²) < 4.78 is 20.6. The zero-order valence-corrected chi connectivity index (χ0v) is 16.2. The minimum absolute atomic E-state index is 0.436. The Labute approximate surface area is 163 Å². The van der Waals surface area contributed by atoms with Gasteiger partial charge in [0.25, 0.3) is 5.91 Å². The summed E-state index contributed by atoms with van der Waals surface area (Å²) in [5, 5.41) is 2.67. The van der Waals surface area contributed by atoms with Crippen molar-refractivity contribution in [3.8, 4) is 17.2 Å². The van der Waals surface area contributed by atoms with Gasteiger partial charge < -0.3 is 24.3 Å². The molecule has 1 amide bonds. The first kappa shape index (κ1) is 20.8. The summed E-state index contributed by atoms with van der Waals surface area (Å²) in [4.78, 5) is 24.2. The van der Waals surface area contributed by atoms with Gasteiger partial charge in [-0.05, 0) is 49.4 Å². The molecule has 7 heteroatoms. The average molecular weight is 385 g/mol. The van der Waals surface area contributed by atoms with Crippen LogP contribution in [-0.4, -0.2) is 39.3 Å². The number of hydrogen-bond donors (Lipinski definition) is 1. The fourth-order valence-corrected chi connectivity index (χ4v) is 2.30. The van der Waals surface area contributed by atoms with E-state index in [2.05, 4.69) is 5.32 Å². The number of anilines is 1. The smallest absolute Gasteiger partial charge is 0.331 e. The number of rotatable bonds is 8. The topological polar surface area (TPSA) is 83.1 Å². The SMILES string of the molecule is COc1ccc(NC(=O)[C@@H](C)OC(=O)/C=C/c2ccc(OC)cc2OC)cc1. The summed E-state index contributed by atoms with van der Waals surface area (Å²) in [6, 6.07) is 12.0. The lowest BCUT2D eigenvalue weighted by Gasteiger charge is -2.12. The van der Waals surface area contributed by atoms with Crippen LogP contribution in [0.2, 0.25) is 0 Å². The van der Waals surface area contributed by atoms with Crippen molar-refractivity contribution in [2.45, 2.75) is 13.0 Å². The average Bonchev–Trinajstić information content (AvgIpc) is 2.72. The van der Waals surface area contributed by atoms with E-state index in [0.29, 0.717) is 28.5 Å². The highest BCUT2D eigenvalue weighted by atomic mass is 16.5. The second kappa shape index (κ2) is 10.0. The van der Waals surface area contributed by atoms with Crippen LogP contribution in [0.1, 0.15) is 12.5 Å². The first-order valence-corrected chi connectivity index (χ1v) is 8.52. The molecule has 0 aliphatic heterocycles. The Bertz CT molecular complexity index is 844. The van der Waals surface area contributed by atoms with Crippen molar-refractivity contribution < 1.29 is 28.5 Å². The van der Waals surface area contributed by atoms with Gasteiger partial charge in [0, 0.05) is 23.4 Å². The van der Waals surface area contributed by atoms with Crippen LogP contribution in [0.5, 0.6) is 17.2 Å². The van der Waals surface area contributed by atoms with Crippen LogP contribution in [-0.2, 0) is 14.3 Å². The molecule has 0 saturated heterocycles. The van der Waals surface area contributed by atoms with E-state index in [1.165, 1.54) is 20.1 Å². The van der Waals surface area contributed by atoms with Crippen molar-refractivity contribution in [2.75, 3.05) is 26.6 Å². The second-order valence-corrected chi connectivity index (χ2v) is 5.74. The van der Waals surface area contributed by atoms with Gasteiger partial charge in [-0.3, -0.25) is 4.79 Å². The molecule has 0 radical (unpaired) electrons. The fourth-order valence-electron chi connectivity index (χ4n) is 2.30. The quantitative estimate of drug-likeness (QED) is 0.555. The number of methoxy groups -OCH3 is 3. The number of benzene rings is 2. The van der Waals surface area contributed by atoms with Crippen LogP contribution >= 0.6 is 0 Å². The number of ether oxygens (including phenoxy) is 4. The minimum atomic E-state index is -0.961. The molecule has 1 atom stereocenters. The molecule has 2 aromatic rings. The van der Waals surface area contributed by atoms with Crippen LogP contribution in [0.4, 0.5) is 5.69 Å². The highest BCUT2D eigenvalue weighted by Gasteiger charge is 2.16. The molecular weight excluding hydrogens is 362 g/mol. The second-order valence-electron chi connectivity index (χ2n) is 5.74. The Hall–Kier alpha value is -3.48. The standard InChI is InChI=1S/C21H23NO6/c1-14(21(24)22-16-7-10-17(25-2)11-8-16)28-20(23)12-6-15-5-9-18(26-3)13-19(15)27-4/h5-14H,1-4H3,(H,22,24)/b12-6+/t14-/m1/s1. The van der Waals surface area contributed by atoms with Crippen LogP contribution < -0.4 is 19.5 Å². The van der Waals surface area contributed by atoms with Gasteiger partial charge >= 0.3 is 5.97 Å². The van der Waals surface area contributed by atoms with E-state index < -0.39 is 18.0 Å². The van der Waals surface area contributed by atoms with E-state index >= 15 is 0 Å². The Morgan fingerprint density at radius 1 is 0.929 bits per heavy atom. The van der Waals surface area contributed by atoms with E-state index in [1.54, 1.807) is 62.8 Å². The number of amides is 1. The summed E-state index contributed by atoms with van der Waals surface area (Å²) in [5.74, 6) is 0.787. The van der Waals surface area contributed by atoms with Gasteiger partial charge in [-0.2, -0.15) is 0 Å². The normalized spacial score (nSPS) is 11.6. The van der Waals surface area contributed by atoms with Crippen molar-refractivity contribution in [1.29, 1.82) is 0 Å². The Balaban J connectivity index is 1.94. The predicted molar refractivity (Wildman–Crippen MR) is 106 cm³/mol. The third-order valence-electron chi connectivity index (χ3n) is 3.86. The van der Waals surface area contributed by atoms with Gasteiger partial charge in [0.05, 0.1) is 21.3 Å². The molecule has 0 fully saturated rings. The molecule has 2 aromatic carbocycles. The molecule has 0 heterocycles. The maximum Gasteiger partial charge on any atom is 0.331 e. The third-order valence-corrected chi connectivity index (χ3v) is 3.86. The van der Waals surface area contributed by atoms with Crippen LogP contribution in [0, 0.1) is 0 Å². The van der Waals surface area contributed by atoms with Crippen molar-refractivity contribution >= 4 is 23.6 Å². The summed E-state index contributed by atoms with van der Waals surface area (Å²) in [6.07, 6.45) is 1.83. The minimum Gasteiger partial charge on any atom is -0.497 e. The monoisotopic (exact) mass is 385 g/mol. The Kier molecular flexibility index (Phi) is 7.45. The van der Waals surface area contributed by atoms with Gasteiger partial charge in [0.2, 0.25) is 0 Å². The number of carbonyl (C=O) groups excluding carboxylic acids is 2. The van der Waals surface area contributed by atoms with Gasteiger partial charge in [-0.1, -0.05) is 0 Å². The zero-order valence-electron chi connectivity index (χ0n) is 16.2. The lowest BCUT2D eigenvalue weighted by Crippen LogP contribution is -2.29. The van der Waals surface area contributed by atoms with Crippen molar-refractivity contribution in [2.24, 2.45) is 0 Å². The first-order chi connectivity index (χ1) is 13.5. The molecule has 0 aliphatic rings. The molecule has 0 bridgehead atoms. The summed E-state index contributed by atoms with van der Waals surface area (Å²) in [6.45, 7) is 1.50. The zero-order chi connectivity index (χ0) is 20.5. The third kappa shape index (κ3) is 5.77. The van der Waals surface area contributed by atoms with E-state index in [0.717, 1.165) is 0 Å². The predicted octanol–water partition coefficient (Wildman–Crippen LogP) is 3.30. The van der Waals surface area contributed by atoms with E-state index in [9.17, 15) is 9.59 Å². The molecule has 0 aromatic heterocycles. The molecule has 1 N–H and O–H groups in total. The molecule has 0 saturated carbocycles. The lowest BCUT2D eigenvalue weighted by molar-refractivity contribution is -0.148. The van der Waals surface area contributed by atoms with Crippen molar-refractivity contribution in [1.82, 2.24) is 0 Å². The fraction of sp³-hybridized carbons (Fsp3) is 0.238. The molecule has 7 nitrogen and oxygen atoms in total. The molecule has 2 rings (SSSR count). The van der Waals surface area contributed by atoms with Crippen molar-refractivity contribution in [3.63, 3.8) is 0 Å². The number of nitrogens with one attached hydrogen (secondary N) is 1. The van der Waals surface area contributed by atoms with Crippen LogP contribution in [0.15, 0.2) is 48.5 Å². The summed E-state index contributed by atoms with van der Waals surface area (Å²) >= 11 is 0. The molecule has 0 aliphatic carbocycles. The highest BCUT2D eigenvalue weighted by Crippen LogP contribution is 2.25. The highest BCUT2D eigenvalue weighted by molar-refractivity contribution is 5.96. The Morgan fingerprint density at radius 2 is 1.57 bits per heavy atom. The maximum absolute atomic E-state index is 12.2. The number of carbonyl (C=O) groups is 2. The molecule has 28 heavy (non-hydrogen) atoms. The van der Waals surface area contributed by atoms with Crippen LogP contribution in [0.25, 0.3) is 6.08 Å². The summed E-state index contributed by atoms with van der Waals surface area (Å²) in [5.41, 5.74) is 1.25. The van der Waals surface area contributed by atoms with E-state index in [-0.39, 0.29) is 0 Å². The van der Waals surface area contributed by atoms with Crippen molar-refractivity contribution in [3.05, 3.63) is 54.1 Å². The first-order valence-electron chi connectivity index (χ1n) is 8.52. The number of esters is 1. The molecule has 148 valence electrons. The van der Waals surface area contributed by atoms with Gasteiger partial charge in [0.15, 0.2) is 6.10 Å². The largest absolute Gasteiger partial charge is 0.497 e. The van der Waals surface area contributed by atoms with E-state index in [1.807, 2.05) is 0 Å². The molecule has 0 spiro atoms. The number of hydrogen-bond acceptors (Lipinski definition) is 6. The maximum atomic E-state index is 12.2. The van der Waals surface area contributed by atoms with E-state index in [4.69, 9.17) is 18.9 Å². The summed E-state index contributed by atoms with van der Waals surface area (Å²) in [7, 11) is 4.64. The van der Waals surface area contributed by atoms with Gasteiger partial charge in [-0.25, -0.2) is 4.79 Å². The van der Waals surface area contributed by atoms with Crippen LogP contribution in [0.3, 0.4) is 0 Å².